The van der Waals surface area contributed by atoms with Gasteiger partial charge in [0, 0.05) is 35.9 Å². The molecule has 1 N–H and O–H groups in total. The summed E-state index contributed by atoms with van der Waals surface area (Å²) in [6.45, 7) is 9.76. The van der Waals surface area contributed by atoms with Crippen molar-refractivity contribution in [3.63, 3.8) is 0 Å². The monoisotopic (exact) mass is 305 g/mol. The Bertz CT molecular complexity index is 552. The normalized spacial score (nSPS) is 10.4. The first-order chi connectivity index (χ1) is 10.3. The Morgan fingerprint density at radius 3 is 2.76 bits per heavy atom. The van der Waals surface area contributed by atoms with Gasteiger partial charge in [0.15, 0.2) is 5.13 Å². The third kappa shape index (κ3) is 4.36. The number of rotatable bonds is 8. The third-order valence-corrected chi connectivity index (χ3v) is 4.25. The van der Waals surface area contributed by atoms with Crippen LogP contribution in [0.4, 0.5) is 10.8 Å². The van der Waals surface area contributed by atoms with Crippen LogP contribution < -0.4 is 15.0 Å². The molecule has 2 aromatic rings. The summed E-state index contributed by atoms with van der Waals surface area (Å²) in [5, 5.41) is 4.52. The van der Waals surface area contributed by atoms with Crippen molar-refractivity contribution in [1.82, 2.24) is 4.98 Å². The van der Waals surface area contributed by atoms with Crippen molar-refractivity contribution in [2.24, 2.45) is 0 Å². The van der Waals surface area contributed by atoms with Crippen molar-refractivity contribution in [3.05, 3.63) is 35.3 Å². The lowest BCUT2D eigenvalue weighted by Gasteiger charge is -2.16. The van der Waals surface area contributed by atoms with Gasteiger partial charge in [-0.1, -0.05) is 6.07 Å². The molecule has 21 heavy (non-hydrogen) atoms. The van der Waals surface area contributed by atoms with E-state index < -0.39 is 0 Å². The fourth-order valence-corrected chi connectivity index (χ4v) is 3.05. The number of thiazole rings is 1. The number of anilines is 2. The van der Waals surface area contributed by atoms with Crippen LogP contribution in [0.25, 0.3) is 0 Å². The summed E-state index contributed by atoms with van der Waals surface area (Å²) in [5.41, 5.74) is 1.07. The predicted octanol–water partition coefficient (Wildman–Crippen LogP) is 4.00. The molecule has 0 saturated heterocycles. The van der Waals surface area contributed by atoms with E-state index in [0.717, 1.165) is 36.2 Å². The molecule has 0 radical (unpaired) electrons. The number of aromatic nitrogens is 1. The van der Waals surface area contributed by atoms with E-state index in [1.165, 1.54) is 4.88 Å². The summed E-state index contributed by atoms with van der Waals surface area (Å²) in [6, 6.07) is 8.05. The van der Waals surface area contributed by atoms with Gasteiger partial charge < -0.3 is 15.0 Å². The Hall–Kier alpha value is -1.75. The molecule has 0 fully saturated rings. The summed E-state index contributed by atoms with van der Waals surface area (Å²) in [7, 11) is 0. The van der Waals surface area contributed by atoms with Crippen molar-refractivity contribution in [2.45, 2.75) is 27.3 Å². The van der Waals surface area contributed by atoms with E-state index in [1.807, 2.05) is 31.3 Å². The molecule has 2 rings (SSSR count). The van der Waals surface area contributed by atoms with Crippen LogP contribution in [0.2, 0.25) is 0 Å². The second-order valence-corrected chi connectivity index (χ2v) is 5.69. The van der Waals surface area contributed by atoms with E-state index in [-0.39, 0.29) is 0 Å². The molecule has 0 aliphatic rings. The molecule has 0 aliphatic heterocycles. The molecule has 0 spiro atoms. The SMILES string of the molecule is CCOc1cccc(NCc2cnc(N(CC)CC)s2)c1. The molecule has 0 amide bonds. The zero-order chi connectivity index (χ0) is 15.1. The van der Waals surface area contributed by atoms with Crippen LogP contribution in [0.3, 0.4) is 0 Å². The lowest BCUT2D eigenvalue weighted by Crippen LogP contribution is -2.21. The molecule has 4 nitrogen and oxygen atoms in total. The highest BCUT2D eigenvalue weighted by atomic mass is 32.1. The van der Waals surface area contributed by atoms with Crippen molar-refractivity contribution in [1.29, 1.82) is 0 Å². The fourth-order valence-electron chi connectivity index (χ4n) is 2.07. The van der Waals surface area contributed by atoms with Crippen LogP contribution in [0, 0.1) is 0 Å². The van der Waals surface area contributed by atoms with E-state index in [0.29, 0.717) is 6.61 Å². The Morgan fingerprint density at radius 1 is 1.24 bits per heavy atom. The molecule has 1 aromatic carbocycles. The predicted molar refractivity (Wildman–Crippen MR) is 90.6 cm³/mol. The van der Waals surface area contributed by atoms with Gasteiger partial charge in [-0.05, 0) is 32.9 Å². The number of ether oxygens (including phenoxy) is 1. The Kier molecular flexibility index (Phi) is 5.87. The van der Waals surface area contributed by atoms with E-state index in [4.69, 9.17) is 4.74 Å². The standard InChI is InChI=1S/C16H23N3OS/c1-4-19(5-2)16-18-12-15(21-16)11-17-13-8-7-9-14(10-13)20-6-3/h7-10,12,17H,4-6,11H2,1-3H3. The van der Waals surface area contributed by atoms with Gasteiger partial charge in [-0.15, -0.1) is 11.3 Å². The number of benzene rings is 1. The van der Waals surface area contributed by atoms with Gasteiger partial charge in [-0.3, -0.25) is 0 Å². The minimum absolute atomic E-state index is 0.686. The first-order valence-electron chi connectivity index (χ1n) is 7.43. The van der Waals surface area contributed by atoms with Gasteiger partial charge in [0.25, 0.3) is 0 Å². The third-order valence-electron chi connectivity index (χ3n) is 3.19. The van der Waals surface area contributed by atoms with Crippen LogP contribution >= 0.6 is 11.3 Å². The Labute approximate surface area is 130 Å². The molecule has 0 aliphatic carbocycles. The number of nitrogens with one attached hydrogen (secondary N) is 1. The van der Waals surface area contributed by atoms with Crippen LogP contribution in [-0.4, -0.2) is 24.7 Å². The highest BCUT2D eigenvalue weighted by Crippen LogP contribution is 2.24. The Morgan fingerprint density at radius 2 is 2.05 bits per heavy atom. The largest absolute Gasteiger partial charge is 0.494 e. The van der Waals surface area contributed by atoms with Gasteiger partial charge in [-0.2, -0.15) is 0 Å². The average molecular weight is 305 g/mol. The smallest absolute Gasteiger partial charge is 0.185 e. The van der Waals surface area contributed by atoms with Crippen LogP contribution in [0.1, 0.15) is 25.6 Å². The number of nitrogens with zero attached hydrogens (tertiary/aromatic N) is 2. The second kappa shape index (κ2) is 7.88. The van der Waals surface area contributed by atoms with E-state index >= 15 is 0 Å². The Balaban J connectivity index is 1.95. The maximum atomic E-state index is 5.51. The highest BCUT2D eigenvalue weighted by Gasteiger charge is 2.07. The maximum absolute atomic E-state index is 5.51. The summed E-state index contributed by atoms with van der Waals surface area (Å²) >= 11 is 1.74. The van der Waals surface area contributed by atoms with Gasteiger partial charge in [0.1, 0.15) is 5.75 Å². The van der Waals surface area contributed by atoms with Gasteiger partial charge in [-0.25, -0.2) is 4.98 Å². The molecule has 0 atom stereocenters. The summed E-state index contributed by atoms with van der Waals surface area (Å²) < 4.78 is 5.51. The number of hydrogen-bond donors (Lipinski definition) is 1. The van der Waals surface area contributed by atoms with Crippen LogP contribution in [-0.2, 0) is 6.54 Å². The maximum Gasteiger partial charge on any atom is 0.185 e. The summed E-state index contributed by atoms with van der Waals surface area (Å²) in [4.78, 5) is 8.00. The van der Waals surface area contributed by atoms with Crippen molar-refractivity contribution >= 4 is 22.2 Å². The minimum atomic E-state index is 0.686. The lowest BCUT2D eigenvalue weighted by molar-refractivity contribution is 0.340. The molecule has 5 heteroatoms. The molecule has 0 unspecified atom stereocenters. The highest BCUT2D eigenvalue weighted by molar-refractivity contribution is 7.15. The van der Waals surface area contributed by atoms with Crippen molar-refractivity contribution in [3.8, 4) is 5.75 Å². The van der Waals surface area contributed by atoms with E-state index in [1.54, 1.807) is 11.3 Å². The molecular formula is C16H23N3OS. The van der Waals surface area contributed by atoms with Crippen molar-refractivity contribution in [2.75, 3.05) is 29.9 Å². The zero-order valence-corrected chi connectivity index (χ0v) is 13.7. The average Bonchev–Trinajstić information content (AvgIpc) is 2.96. The second-order valence-electron chi connectivity index (χ2n) is 4.60. The summed E-state index contributed by atoms with van der Waals surface area (Å²) in [5.74, 6) is 0.899. The molecule has 0 saturated carbocycles. The van der Waals surface area contributed by atoms with E-state index in [9.17, 15) is 0 Å². The summed E-state index contributed by atoms with van der Waals surface area (Å²) in [6.07, 6.45) is 1.96. The quantitative estimate of drug-likeness (QED) is 0.800. The van der Waals surface area contributed by atoms with Gasteiger partial charge >= 0.3 is 0 Å². The van der Waals surface area contributed by atoms with Crippen LogP contribution in [0.5, 0.6) is 5.75 Å². The fraction of sp³-hybridized carbons (Fsp3) is 0.438. The van der Waals surface area contributed by atoms with Crippen LogP contribution in [0.15, 0.2) is 30.5 Å². The van der Waals surface area contributed by atoms with Gasteiger partial charge in [0.05, 0.1) is 13.2 Å². The molecule has 0 bridgehead atoms. The number of hydrogen-bond acceptors (Lipinski definition) is 5. The molecule has 1 aromatic heterocycles. The van der Waals surface area contributed by atoms with Gasteiger partial charge in [0.2, 0.25) is 0 Å². The first kappa shape index (κ1) is 15.6. The first-order valence-corrected chi connectivity index (χ1v) is 8.24. The minimum Gasteiger partial charge on any atom is -0.494 e. The molecular weight excluding hydrogens is 282 g/mol. The molecule has 114 valence electrons. The zero-order valence-electron chi connectivity index (χ0n) is 12.9. The van der Waals surface area contributed by atoms with E-state index in [2.05, 4.69) is 35.1 Å². The molecule has 1 heterocycles. The van der Waals surface area contributed by atoms with Crippen molar-refractivity contribution < 1.29 is 4.74 Å². The topological polar surface area (TPSA) is 37.4 Å². The lowest BCUT2D eigenvalue weighted by atomic mass is 10.3.